The summed E-state index contributed by atoms with van der Waals surface area (Å²) in [5, 5.41) is 6.92. The van der Waals surface area contributed by atoms with Gasteiger partial charge in [0.1, 0.15) is 0 Å². The van der Waals surface area contributed by atoms with E-state index in [1.54, 1.807) is 23.0 Å². The average Bonchev–Trinajstić information content (AvgIpc) is 3.11. The quantitative estimate of drug-likeness (QED) is 0.707. The highest BCUT2D eigenvalue weighted by Crippen LogP contribution is 2.18. The molecule has 1 heterocycles. The Morgan fingerprint density at radius 2 is 1.85 bits per heavy atom. The molecular formula is C19H20N4O3S. The van der Waals surface area contributed by atoms with Gasteiger partial charge in [-0.3, -0.25) is 9.48 Å². The van der Waals surface area contributed by atoms with Crippen molar-refractivity contribution < 1.29 is 13.2 Å². The largest absolute Gasteiger partial charge is 0.322 e. The van der Waals surface area contributed by atoms with Crippen LogP contribution in [0.25, 0.3) is 0 Å². The standard InChI is InChI=1S/C19H20N4O3S/c1-22(2)27(25,26)18-10-6-9-17(11-18)21-19(24)16-12-20-23(14-16)13-15-7-4-3-5-8-15/h3-12,14H,13H2,1-2H3,(H,21,24). The number of carbonyl (C=O) groups excluding carboxylic acids is 1. The minimum atomic E-state index is -3.56. The van der Waals surface area contributed by atoms with Crippen LogP contribution in [0.2, 0.25) is 0 Å². The monoisotopic (exact) mass is 384 g/mol. The molecule has 1 N–H and O–H groups in total. The highest BCUT2D eigenvalue weighted by atomic mass is 32.2. The fourth-order valence-electron chi connectivity index (χ4n) is 2.49. The predicted molar refractivity (Wildman–Crippen MR) is 103 cm³/mol. The van der Waals surface area contributed by atoms with Gasteiger partial charge in [-0.1, -0.05) is 36.4 Å². The van der Waals surface area contributed by atoms with E-state index >= 15 is 0 Å². The Labute approximate surface area is 158 Å². The van der Waals surface area contributed by atoms with Crippen molar-refractivity contribution in [1.82, 2.24) is 14.1 Å². The van der Waals surface area contributed by atoms with Crippen molar-refractivity contribution in [3.05, 3.63) is 78.1 Å². The Morgan fingerprint density at radius 1 is 1.11 bits per heavy atom. The highest BCUT2D eigenvalue weighted by molar-refractivity contribution is 7.89. The van der Waals surface area contributed by atoms with Crippen LogP contribution in [0.1, 0.15) is 15.9 Å². The molecule has 0 saturated carbocycles. The zero-order valence-corrected chi connectivity index (χ0v) is 15.8. The minimum Gasteiger partial charge on any atom is -0.322 e. The molecule has 0 saturated heterocycles. The van der Waals surface area contributed by atoms with Crippen molar-refractivity contribution in [3.8, 4) is 0 Å². The topological polar surface area (TPSA) is 84.3 Å². The summed E-state index contributed by atoms with van der Waals surface area (Å²) in [6.07, 6.45) is 3.14. The van der Waals surface area contributed by atoms with Gasteiger partial charge in [-0.25, -0.2) is 12.7 Å². The second-order valence-corrected chi connectivity index (χ2v) is 8.33. The van der Waals surface area contributed by atoms with Crippen LogP contribution in [0.4, 0.5) is 5.69 Å². The van der Waals surface area contributed by atoms with Crippen LogP contribution in [-0.4, -0.2) is 42.5 Å². The summed E-state index contributed by atoms with van der Waals surface area (Å²) < 4.78 is 27.2. The maximum Gasteiger partial charge on any atom is 0.258 e. The van der Waals surface area contributed by atoms with Gasteiger partial charge in [-0.2, -0.15) is 5.10 Å². The first-order chi connectivity index (χ1) is 12.9. The lowest BCUT2D eigenvalue weighted by Crippen LogP contribution is -2.22. The lowest BCUT2D eigenvalue weighted by molar-refractivity contribution is 0.102. The predicted octanol–water partition coefficient (Wildman–Crippen LogP) is 2.43. The van der Waals surface area contributed by atoms with E-state index in [0.717, 1.165) is 9.87 Å². The van der Waals surface area contributed by atoms with Crippen LogP contribution in [-0.2, 0) is 16.6 Å². The van der Waals surface area contributed by atoms with Crippen molar-refractivity contribution in [2.24, 2.45) is 0 Å². The fourth-order valence-corrected chi connectivity index (χ4v) is 3.43. The molecule has 0 spiro atoms. The molecule has 3 rings (SSSR count). The summed E-state index contributed by atoms with van der Waals surface area (Å²) in [5.74, 6) is -0.353. The number of benzene rings is 2. The molecule has 0 radical (unpaired) electrons. The number of carbonyl (C=O) groups is 1. The molecule has 27 heavy (non-hydrogen) atoms. The number of aromatic nitrogens is 2. The van der Waals surface area contributed by atoms with E-state index in [2.05, 4.69) is 10.4 Å². The molecule has 0 unspecified atom stereocenters. The van der Waals surface area contributed by atoms with E-state index in [1.165, 1.54) is 32.4 Å². The Morgan fingerprint density at radius 3 is 2.56 bits per heavy atom. The Bertz CT molecular complexity index is 1040. The maximum atomic E-state index is 12.5. The molecule has 1 amide bonds. The highest BCUT2D eigenvalue weighted by Gasteiger charge is 2.18. The average molecular weight is 384 g/mol. The first-order valence-corrected chi connectivity index (χ1v) is 9.70. The van der Waals surface area contributed by atoms with Crippen LogP contribution in [0.15, 0.2) is 71.9 Å². The van der Waals surface area contributed by atoms with Gasteiger partial charge < -0.3 is 5.32 Å². The molecule has 1 aromatic heterocycles. The number of hydrogen-bond acceptors (Lipinski definition) is 4. The van der Waals surface area contributed by atoms with Gasteiger partial charge in [0.25, 0.3) is 5.91 Å². The molecule has 7 nitrogen and oxygen atoms in total. The SMILES string of the molecule is CN(C)S(=O)(=O)c1cccc(NC(=O)c2cnn(Cc3ccccc3)c2)c1. The second kappa shape index (κ2) is 7.73. The van der Waals surface area contributed by atoms with Crippen LogP contribution in [0.5, 0.6) is 0 Å². The number of amides is 1. The molecule has 140 valence electrons. The van der Waals surface area contributed by atoms with Gasteiger partial charge in [0.2, 0.25) is 10.0 Å². The van der Waals surface area contributed by atoms with Gasteiger partial charge >= 0.3 is 0 Å². The summed E-state index contributed by atoms with van der Waals surface area (Å²) in [6, 6.07) is 15.9. The number of sulfonamides is 1. The van der Waals surface area contributed by atoms with E-state index in [1.807, 2.05) is 30.3 Å². The smallest absolute Gasteiger partial charge is 0.258 e. The minimum absolute atomic E-state index is 0.116. The summed E-state index contributed by atoms with van der Waals surface area (Å²) in [6.45, 7) is 0.560. The molecule has 8 heteroatoms. The van der Waals surface area contributed by atoms with Crippen molar-refractivity contribution in [3.63, 3.8) is 0 Å². The number of hydrogen-bond donors (Lipinski definition) is 1. The van der Waals surface area contributed by atoms with Crippen LogP contribution >= 0.6 is 0 Å². The van der Waals surface area contributed by atoms with Gasteiger partial charge in [0, 0.05) is 26.0 Å². The summed E-state index contributed by atoms with van der Waals surface area (Å²) in [4.78, 5) is 12.6. The molecule has 0 aliphatic carbocycles. The first kappa shape index (κ1) is 18.8. The normalized spacial score (nSPS) is 11.5. The summed E-state index contributed by atoms with van der Waals surface area (Å²) >= 11 is 0. The third kappa shape index (κ3) is 4.42. The third-order valence-corrected chi connectivity index (χ3v) is 5.76. The van der Waals surface area contributed by atoms with E-state index in [-0.39, 0.29) is 10.8 Å². The van der Waals surface area contributed by atoms with Crippen LogP contribution < -0.4 is 5.32 Å². The molecule has 0 aliphatic rings. The van der Waals surface area contributed by atoms with Crippen molar-refractivity contribution in [1.29, 1.82) is 0 Å². The van der Waals surface area contributed by atoms with Gasteiger partial charge in [0.05, 0.1) is 23.2 Å². The Hall–Kier alpha value is -2.97. The van der Waals surface area contributed by atoms with E-state index in [0.29, 0.717) is 17.8 Å². The Kier molecular flexibility index (Phi) is 5.38. The zero-order valence-electron chi connectivity index (χ0n) is 15.0. The molecule has 0 atom stereocenters. The summed E-state index contributed by atoms with van der Waals surface area (Å²) in [5.41, 5.74) is 1.87. The molecule has 2 aromatic carbocycles. The lowest BCUT2D eigenvalue weighted by Gasteiger charge is -2.12. The van der Waals surface area contributed by atoms with Crippen LogP contribution in [0.3, 0.4) is 0 Å². The van der Waals surface area contributed by atoms with Gasteiger partial charge in [-0.15, -0.1) is 0 Å². The first-order valence-electron chi connectivity index (χ1n) is 8.26. The third-order valence-electron chi connectivity index (χ3n) is 3.95. The number of anilines is 1. The van der Waals surface area contributed by atoms with Crippen molar-refractivity contribution in [2.75, 3.05) is 19.4 Å². The van der Waals surface area contributed by atoms with Crippen molar-refractivity contribution >= 4 is 21.6 Å². The second-order valence-electron chi connectivity index (χ2n) is 6.18. The number of nitrogens with zero attached hydrogens (tertiary/aromatic N) is 3. The fraction of sp³-hybridized carbons (Fsp3) is 0.158. The van der Waals surface area contributed by atoms with Gasteiger partial charge in [-0.05, 0) is 23.8 Å². The molecule has 0 bridgehead atoms. The molecule has 0 aliphatic heterocycles. The summed E-state index contributed by atoms with van der Waals surface area (Å²) in [7, 11) is -0.645. The molecule has 3 aromatic rings. The number of nitrogens with one attached hydrogen (secondary N) is 1. The molecule has 0 fully saturated rings. The lowest BCUT2D eigenvalue weighted by atomic mass is 10.2. The molecular weight excluding hydrogens is 364 g/mol. The van der Waals surface area contributed by atoms with E-state index in [4.69, 9.17) is 0 Å². The van der Waals surface area contributed by atoms with E-state index < -0.39 is 10.0 Å². The zero-order chi connectivity index (χ0) is 19.4. The number of rotatable bonds is 6. The van der Waals surface area contributed by atoms with E-state index in [9.17, 15) is 13.2 Å². The van der Waals surface area contributed by atoms with Crippen LogP contribution in [0, 0.1) is 0 Å². The Balaban J connectivity index is 1.73. The van der Waals surface area contributed by atoms with Crippen molar-refractivity contribution in [2.45, 2.75) is 11.4 Å². The maximum absolute atomic E-state index is 12.5. The van der Waals surface area contributed by atoms with Gasteiger partial charge in [0.15, 0.2) is 0 Å².